The molecule has 1 heterocycles. The van der Waals surface area contributed by atoms with Crippen LogP contribution in [0, 0.1) is 5.92 Å². The quantitative estimate of drug-likeness (QED) is 0.671. The normalized spacial score (nSPS) is 10.7. The molecule has 0 radical (unpaired) electrons. The van der Waals surface area contributed by atoms with Crippen molar-refractivity contribution in [3.05, 3.63) is 22.2 Å². The molecule has 56 valence electrons. The summed E-state index contributed by atoms with van der Waals surface area (Å²) in [7, 11) is 0. The minimum Gasteiger partial charge on any atom is -0.339 e. The molecule has 3 nitrogen and oxygen atoms in total. The molecule has 0 bridgehead atoms. The van der Waals surface area contributed by atoms with Crippen molar-refractivity contribution in [3.8, 4) is 0 Å². The average molecular weight is 141 g/mol. The van der Waals surface area contributed by atoms with Crippen LogP contribution in [0.4, 0.5) is 0 Å². The zero-order valence-electron chi connectivity index (χ0n) is 6.18. The minimum atomic E-state index is -0.242. The highest BCUT2D eigenvalue weighted by Crippen LogP contribution is 2.00. The Balaban J connectivity index is 2.75. The number of rotatable bonds is 2. The topological polar surface area (TPSA) is 46.0 Å². The van der Waals surface area contributed by atoms with Crippen LogP contribution >= 0.6 is 0 Å². The van der Waals surface area contributed by atoms with Gasteiger partial charge in [-0.2, -0.15) is 0 Å². The number of hydrogen-bond donors (Lipinski definition) is 1. The highest BCUT2D eigenvalue weighted by Gasteiger charge is 2.03. The van der Waals surface area contributed by atoms with Gasteiger partial charge in [0.05, 0.1) is 5.56 Å². The molecule has 0 amide bonds. The standard InChI is InChI=1S/C7H11NO2/c1-5(2)3-6-4-8-10-7(6)9/h4-5,8H,3H2,1-2H3. The van der Waals surface area contributed by atoms with E-state index in [1.54, 1.807) is 6.20 Å². The molecule has 1 aromatic rings. The summed E-state index contributed by atoms with van der Waals surface area (Å²) in [6, 6.07) is 0. The minimum absolute atomic E-state index is 0.242. The molecule has 0 aliphatic carbocycles. The van der Waals surface area contributed by atoms with Crippen molar-refractivity contribution in [2.45, 2.75) is 20.3 Å². The van der Waals surface area contributed by atoms with Crippen LogP contribution in [0.3, 0.4) is 0 Å². The first-order chi connectivity index (χ1) is 4.70. The van der Waals surface area contributed by atoms with E-state index >= 15 is 0 Å². The maximum Gasteiger partial charge on any atom is 0.360 e. The average Bonchev–Trinajstić information content (AvgIpc) is 2.15. The molecule has 10 heavy (non-hydrogen) atoms. The molecule has 0 unspecified atom stereocenters. The van der Waals surface area contributed by atoms with E-state index in [2.05, 4.69) is 23.5 Å². The Labute approximate surface area is 59.0 Å². The van der Waals surface area contributed by atoms with Gasteiger partial charge in [0.15, 0.2) is 0 Å². The van der Waals surface area contributed by atoms with Gasteiger partial charge in [-0.05, 0) is 12.3 Å². The number of H-pyrrole nitrogens is 1. The lowest BCUT2D eigenvalue weighted by Crippen LogP contribution is -2.04. The Morgan fingerprint density at radius 3 is 2.80 bits per heavy atom. The van der Waals surface area contributed by atoms with Crippen LogP contribution in [-0.2, 0) is 6.42 Å². The third-order valence-corrected chi connectivity index (χ3v) is 1.28. The maximum atomic E-state index is 10.8. The number of nitrogens with one attached hydrogen (secondary N) is 1. The Hall–Kier alpha value is -0.990. The fourth-order valence-corrected chi connectivity index (χ4v) is 0.861. The second-order valence-corrected chi connectivity index (χ2v) is 2.77. The summed E-state index contributed by atoms with van der Waals surface area (Å²) >= 11 is 0. The summed E-state index contributed by atoms with van der Waals surface area (Å²) in [6.45, 7) is 4.12. The van der Waals surface area contributed by atoms with Gasteiger partial charge in [-0.15, -0.1) is 0 Å². The first kappa shape index (κ1) is 7.12. The van der Waals surface area contributed by atoms with Crippen molar-refractivity contribution in [2.75, 3.05) is 0 Å². The molecule has 0 aliphatic rings. The van der Waals surface area contributed by atoms with E-state index in [9.17, 15) is 4.79 Å². The van der Waals surface area contributed by atoms with Crippen molar-refractivity contribution < 1.29 is 4.52 Å². The SMILES string of the molecule is CC(C)Cc1c[nH]oc1=O. The summed E-state index contributed by atoms with van der Waals surface area (Å²) < 4.78 is 4.48. The molecule has 1 rings (SSSR count). The molecule has 0 atom stereocenters. The Morgan fingerprint density at radius 1 is 1.70 bits per heavy atom. The van der Waals surface area contributed by atoms with Gasteiger partial charge in [0.25, 0.3) is 0 Å². The van der Waals surface area contributed by atoms with Crippen molar-refractivity contribution >= 4 is 0 Å². The predicted octanol–water partition coefficient (Wildman–Crippen LogP) is 1.17. The van der Waals surface area contributed by atoms with Gasteiger partial charge in [0.1, 0.15) is 0 Å². The third kappa shape index (κ3) is 1.50. The summed E-state index contributed by atoms with van der Waals surface area (Å²) in [5.74, 6) is 0.499. The van der Waals surface area contributed by atoms with E-state index in [-0.39, 0.29) is 5.63 Å². The molecule has 0 saturated heterocycles. The summed E-state index contributed by atoms with van der Waals surface area (Å²) in [4.78, 5) is 10.8. The van der Waals surface area contributed by atoms with Gasteiger partial charge in [0.2, 0.25) is 0 Å². The van der Waals surface area contributed by atoms with Gasteiger partial charge in [-0.25, -0.2) is 9.95 Å². The van der Waals surface area contributed by atoms with E-state index in [1.807, 2.05) is 0 Å². The zero-order chi connectivity index (χ0) is 7.56. The van der Waals surface area contributed by atoms with Crippen LogP contribution in [-0.4, -0.2) is 5.16 Å². The van der Waals surface area contributed by atoms with Crippen molar-refractivity contribution in [1.82, 2.24) is 5.16 Å². The molecule has 0 fully saturated rings. The van der Waals surface area contributed by atoms with Gasteiger partial charge < -0.3 is 4.52 Å². The van der Waals surface area contributed by atoms with Gasteiger partial charge in [-0.1, -0.05) is 13.8 Å². The van der Waals surface area contributed by atoms with Crippen LogP contribution in [0.15, 0.2) is 15.5 Å². The lowest BCUT2D eigenvalue weighted by atomic mass is 10.1. The molecule has 1 N–H and O–H groups in total. The van der Waals surface area contributed by atoms with Crippen LogP contribution in [0.2, 0.25) is 0 Å². The molecule has 1 aromatic heterocycles. The highest BCUT2D eigenvalue weighted by atomic mass is 16.5. The summed E-state index contributed by atoms with van der Waals surface area (Å²) in [5.41, 5.74) is 0.490. The largest absolute Gasteiger partial charge is 0.360 e. The van der Waals surface area contributed by atoms with Gasteiger partial charge >= 0.3 is 5.63 Å². The van der Waals surface area contributed by atoms with Crippen molar-refractivity contribution in [1.29, 1.82) is 0 Å². The second-order valence-electron chi connectivity index (χ2n) is 2.77. The molecular weight excluding hydrogens is 130 g/mol. The Kier molecular flexibility index (Phi) is 1.94. The summed E-state index contributed by atoms with van der Waals surface area (Å²) in [5, 5.41) is 2.42. The van der Waals surface area contributed by atoms with Crippen LogP contribution in [0.25, 0.3) is 0 Å². The second kappa shape index (κ2) is 2.73. The molecule has 0 aliphatic heterocycles. The predicted molar refractivity (Wildman–Crippen MR) is 37.9 cm³/mol. The van der Waals surface area contributed by atoms with Crippen molar-refractivity contribution in [2.24, 2.45) is 5.92 Å². The van der Waals surface area contributed by atoms with Gasteiger partial charge in [0, 0.05) is 6.20 Å². The summed E-state index contributed by atoms with van der Waals surface area (Å²) in [6.07, 6.45) is 2.40. The van der Waals surface area contributed by atoms with Crippen LogP contribution < -0.4 is 5.63 Å². The number of hydrogen-bond acceptors (Lipinski definition) is 2. The smallest absolute Gasteiger partial charge is 0.339 e. The molecule has 0 spiro atoms. The van der Waals surface area contributed by atoms with E-state index < -0.39 is 0 Å². The van der Waals surface area contributed by atoms with Gasteiger partial charge in [-0.3, -0.25) is 0 Å². The molecule has 3 heteroatoms. The first-order valence-corrected chi connectivity index (χ1v) is 3.36. The zero-order valence-corrected chi connectivity index (χ0v) is 6.18. The van der Waals surface area contributed by atoms with E-state index in [4.69, 9.17) is 0 Å². The third-order valence-electron chi connectivity index (χ3n) is 1.28. The van der Waals surface area contributed by atoms with E-state index in [0.29, 0.717) is 5.92 Å². The van der Waals surface area contributed by atoms with Crippen molar-refractivity contribution in [3.63, 3.8) is 0 Å². The fourth-order valence-electron chi connectivity index (χ4n) is 0.861. The first-order valence-electron chi connectivity index (χ1n) is 3.36. The molecular formula is C7H11NO2. The lowest BCUT2D eigenvalue weighted by Gasteiger charge is -1.96. The monoisotopic (exact) mass is 141 g/mol. The molecule has 0 saturated carbocycles. The Morgan fingerprint density at radius 2 is 2.40 bits per heavy atom. The van der Waals surface area contributed by atoms with Crippen LogP contribution in [0.1, 0.15) is 19.4 Å². The maximum absolute atomic E-state index is 10.8. The number of aromatic nitrogens is 1. The number of aromatic amines is 1. The van der Waals surface area contributed by atoms with E-state index in [1.165, 1.54) is 0 Å². The highest BCUT2D eigenvalue weighted by molar-refractivity contribution is 5.01. The van der Waals surface area contributed by atoms with Crippen LogP contribution in [0.5, 0.6) is 0 Å². The molecule has 0 aromatic carbocycles. The fraction of sp³-hybridized carbons (Fsp3) is 0.571. The Bertz CT molecular complexity index is 246. The lowest BCUT2D eigenvalue weighted by molar-refractivity contribution is 0.389. The van der Waals surface area contributed by atoms with E-state index in [0.717, 1.165) is 12.0 Å².